The second kappa shape index (κ2) is 9.60. The maximum Gasteiger partial charge on any atom is 0.253 e. The van der Waals surface area contributed by atoms with Crippen LogP contribution in [0.4, 0.5) is 5.69 Å². The fourth-order valence-electron chi connectivity index (χ4n) is 3.89. The summed E-state index contributed by atoms with van der Waals surface area (Å²) in [5, 5.41) is 6.26. The topological polar surface area (TPSA) is 61.4 Å². The number of hydrogen-bond acceptors (Lipinski definition) is 3. The lowest BCUT2D eigenvalue weighted by atomic mass is 9.95. The van der Waals surface area contributed by atoms with Crippen LogP contribution < -0.4 is 10.6 Å². The van der Waals surface area contributed by atoms with Gasteiger partial charge in [-0.25, -0.2) is 0 Å². The molecule has 1 saturated heterocycles. The average molecular weight is 357 g/mol. The van der Waals surface area contributed by atoms with Gasteiger partial charge in [0.2, 0.25) is 5.91 Å². The summed E-state index contributed by atoms with van der Waals surface area (Å²) in [4.78, 5) is 26.6. The van der Waals surface area contributed by atoms with Gasteiger partial charge < -0.3 is 15.5 Å². The van der Waals surface area contributed by atoms with Crippen LogP contribution in [-0.4, -0.2) is 42.4 Å². The third-order valence-electron chi connectivity index (χ3n) is 5.45. The molecule has 0 atom stereocenters. The van der Waals surface area contributed by atoms with E-state index in [1.165, 1.54) is 32.1 Å². The number of rotatable bonds is 5. The van der Waals surface area contributed by atoms with Crippen LogP contribution in [0, 0.1) is 0 Å². The summed E-state index contributed by atoms with van der Waals surface area (Å²) in [6.45, 7) is 2.00. The number of benzene rings is 1. The zero-order chi connectivity index (χ0) is 18.2. The molecule has 2 fully saturated rings. The summed E-state index contributed by atoms with van der Waals surface area (Å²) in [6.07, 6.45) is 10.5. The van der Waals surface area contributed by atoms with Gasteiger partial charge in [0.05, 0.1) is 6.54 Å². The molecule has 1 aliphatic carbocycles. The largest absolute Gasteiger partial charge is 0.376 e. The quantitative estimate of drug-likeness (QED) is 0.847. The Hall–Kier alpha value is -2.04. The van der Waals surface area contributed by atoms with Crippen LogP contribution in [-0.2, 0) is 4.79 Å². The summed E-state index contributed by atoms with van der Waals surface area (Å²) in [7, 11) is 0. The molecule has 142 valence electrons. The van der Waals surface area contributed by atoms with Crippen molar-refractivity contribution in [2.45, 2.75) is 63.8 Å². The summed E-state index contributed by atoms with van der Waals surface area (Å²) in [5.41, 5.74) is 1.60. The Morgan fingerprint density at radius 1 is 0.885 bits per heavy atom. The Bertz CT molecular complexity index is 586. The fourth-order valence-corrected chi connectivity index (χ4v) is 3.89. The van der Waals surface area contributed by atoms with Gasteiger partial charge in [-0.05, 0) is 49.9 Å². The van der Waals surface area contributed by atoms with E-state index in [0.717, 1.165) is 50.0 Å². The first-order valence-electron chi connectivity index (χ1n) is 10.1. The van der Waals surface area contributed by atoms with Crippen molar-refractivity contribution in [1.29, 1.82) is 0 Å². The van der Waals surface area contributed by atoms with E-state index in [4.69, 9.17) is 0 Å². The van der Waals surface area contributed by atoms with Gasteiger partial charge in [-0.15, -0.1) is 0 Å². The number of hydrogen-bond donors (Lipinski definition) is 2. The summed E-state index contributed by atoms with van der Waals surface area (Å²) < 4.78 is 0. The number of carbonyl (C=O) groups is 2. The number of carbonyl (C=O) groups excluding carboxylic acids is 2. The molecule has 0 spiro atoms. The van der Waals surface area contributed by atoms with Gasteiger partial charge in [-0.3, -0.25) is 9.59 Å². The van der Waals surface area contributed by atoms with Crippen molar-refractivity contribution in [2.75, 3.05) is 25.0 Å². The molecular weight excluding hydrogens is 326 g/mol. The first-order chi connectivity index (χ1) is 12.7. The van der Waals surface area contributed by atoms with Crippen LogP contribution in [0.3, 0.4) is 0 Å². The standard InChI is InChI=1S/C21H31N3O2/c25-20(23-19-8-4-3-5-9-19)16-22-18-12-10-17(11-13-18)21(26)24-14-6-1-2-7-15-24/h10-13,19,22H,1-9,14-16H2,(H,23,25). The van der Waals surface area contributed by atoms with E-state index in [-0.39, 0.29) is 18.4 Å². The molecule has 0 bridgehead atoms. The van der Waals surface area contributed by atoms with E-state index in [9.17, 15) is 9.59 Å². The van der Waals surface area contributed by atoms with E-state index in [2.05, 4.69) is 10.6 Å². The second-order valence-corrected chi connectivity index (χ2v) is 7.54. The Balaban J connectivity index is 1.46. The first-order valence-corrected chi connectivity index (χ1v) is 10.1. The van der Waals surface area contributed by atoms with Gasteiger partial charge in [0.25, 0.3) is 5.91 Å². The summed E-state index contributed by atoms with van der Waals surface area (Å²) >= 11 is 0. The SMILES string of the molecule is O=C(CNc1ccc(C(=O)N2CCCCCC2)cc1)NC1CCCCC1. The Kier molecular flexibility index (Phi) is 6.92. The molecule has 26 heavy (non-hydrogen) atoms. The van der Waals surface area contributed by atoms with Crippen LogP contribution >= 0.6 is 0 Å². The predicted molar refractivity (Wildman–Crippen MR) is 104 cm³/mol. The highest BCUT2D eigenvalue weighted by Gasteiger charge is 2.17. The lowest BCUT2D eigenvalue weighted by Crippen LogP contribution is -2.39. The number of likely N-dealkylation sites (tertiary alicyclic amines) is 1. The van der Waals surface area contributed by atoms with Crippen LogP contribution in [0.2, 0.25) is 0 Å². The van der Waals surface area contributed by atoms with Crippen LogP contribution in [0.15, 0.2) is 24.3 Å². The van der Waals surface area contributed by atoms with Crippen molar-refractivity contribution in [3.05, 3.63) is 29.8 Å². The molecule has 1 aromatic carbocycles. The van der Waals surface area contributed by atoms with Crippen molar-refractivity contribution in [3.8, 4) is 0 Å². The third kappa shape index (κ3) is 5.48. The highest BCUT2D eigenvalue weighted by molar-refractivity contribution is 5.94. The van der Waals surface area contributed by atoms with E-state index < -0.39 is 0 Å². The Morgan fingerprint density at radius 2 is 1.50 bits per heavy atom. The maximum absolute atomic E-state index is 12.6. The minimum atomic E-state index is 0.0432. The van der Waals surface area contributed by atoms with Gasteiger partial charge in [0, 0.05) is 30.4 Å². The first kappa shape index (κ1) is 18.7. The molecule has 1 saturated carbocycles. The predicted octanol–water partition coefficient (Wildman–Crippen LogP) is 3.56. The number of nitrogens with zero attached hydrogens (tertiary/aromatic N) is 1. The normalized spacial score (nSPS) is 18.8. The molecule has 3 rings (SSSR count). The Labute approximate surface area is 156 Å². The van der Waals surface area contributed by atoms with E-state index in [0.29, 0.717) is 6.04 Å². The van der Waals surface area contributed by atoms with E-state index >= 15 is 0 Å². The molecule has 0 aromatic heterocycles. The third-order valence-corrected chi connectivity index (χ3v) is 5.45. The lowest BCUT2D eigenvalue weighted by molar-refractivity contribution is -0.120. The number of amides is 2. The molecular formula is C21H31N3O2. The van der Waals surface area contributed by atoms with Crippen LogP contribution in [0.5, 0.6) is 0 Å². The summed E-state index contributed by atoms with van der Waals surface area (Å²) in [5.74, 6) is 0.162. The van der Waals surface area contributed by atoms with Crippen LogP contribution in [0.25, 0.3) is 0 Å². The van der Waals surface area contributed by atoms with Crippen molar-refractivity contribution in [1.82, 2.24) is 10.2 Å². The molecule has 1 aromatic rings. The number of anilines is 1. The van der Waals surface area contributed by atoms with Crippen molar-refractivity contribution >= 4 is 17.5 Å². The summed E-state index contributed by atoms with van der Waals surface area (Å²) in [6, 6.07) is 7.83. The highest BCUT2D eigenvalue weighted by Crippen LogP contribution is 2.18. The highest BCUT2D eigenvalue weighted by atomic mass is 16.2. The van der Waals surface area contributed by atoms with Gasteiger partial charge >= 0.3 is 0 Å². The molecule has 2 N–H and O–H groups in total. The van der Waals surface area contributed by atoms with Gasteiger partial charge in [-0.2, -0.15) is 0 Å². The van der Waals surface area contributed by atoms with E-state index in [1.807, 2.05) is 29.2 Å². The van der Waals surface area contributed by atoms with Crippen LogP contribution in [0.1, 0.15) is 68.1 Å². The fraction of sp³-hybridized carbons (Fsp3) is 0.619. The molecule has 5 nitrogen and oxygen atoms in total. The molecule has 0 radical (unpaired) electrons. The number of nitrogens with one attached hydrogen (secondary N) is 2. The molecule has 1 heterocycles. The molecule has 1 aliphatic heterocycles. The van der Waals surface area contributed by atoms with Crippen molar-refractivity contribution < 1.29 is 9.59 Å². The van der Waals surface area contributed by atoms with Crippen molar-refractivity contribution in [2.24, 2.45) is 0 Å². The smallest absolute Gasteiger partial charge is 0.253 e. The molecule has 2 aliphatic rings. The second-order valence-electron chi connectivity index (χ2n) is 7.54. The van der Waals surface area contributed by atoms with Gasteiger partial charge in [0.1, 0.15) is 0 Å². The van der Waals surface area contributed by atoms with Gasteiger partial charge in [0.15, 0.2) is 0 Å². The lowest BCUT2D eigenvalue weighted by Gasteiger charge is -2.23. The molecule has 2 amide bonds. The zero-order valence-electron chi connectivity index (χ0n) is 15.6. The maximum atomic E-state index is 12.6. The molecule has 5 heteroatoms. The zero-order valence-corrected chi connectivity index (χ0v) is 15.6. The average Bonchev–Trinajstić information content (AvgIpc) is 2.96. The van der Waals surface area contributed by atoms with E-state index in [1.54, 1.807) is 0 Å². The molecule has 0 unspecified atom stereocenters. The minimum absolute atomic E-state index is 0.0432. The van der Waals surface area contributed by atoms with Gasteiger partial charge in [-0.1, -0.05) is 32.1 Å². The minimum Gasteiger partial charge on any atom is -0.376 e. The van der Waals surface area contributed by atoms with Crippen molar-refractivity contribution in [3.63, 3.8) is 0 Å². The monoisotopic (exact) mass is 357 g/mol. The Morgan fingerprint density at radius 3 is 2.15 bits per heavy atom.